The van der Waals surface area contributed by atoms with Crippen molar-refractivity contribution in [1.82, 2.24) is 0 Å². The van der Waals surface area contributed by atoms with Crippen LogP contribution in [0.25, 0.3) is 0 Å². The number of methoxy groups -OCH3 is 1. The summed E-state index contributed by atoms with van der Waals surface area (Å²) in [5, 5.41) is 11.0. The smallest absolute Gasteiger partial charge is 0.416 e. The number of benzene rings is 1. The quantitative estimate of drug-likeness (QED) is 0.469. The molecule has 0 radical (unpaired) electrons. The van der Waals surface area contributed by atoms with Crippen LogP contribution in [0.4, 0.5) is 13.2 Å². The molecule has 0 aliphatic heterocycles. The van der Waals surface area contributed by atoms with Crippen molar-refractivity contribution in [3.05, 3.63) is 62.9 Å². The molecule has 134 valence electrons. The fourth-order valence-corrected chi connectivity index (χ4v) is 2.36. The minimum absolute atomic E-state index is 0.125. The van der Waals surface area contributed by atoms with E-state index in [4.69, 9.17) is 4.74 Å². The van der Waals surface area contributed by atoms with Crippen LogP contribution in [0.5, 0.6) is 5.75 Å². The van der Waals surface area contributed by atoms with Crippen LogP contribution in [0.2, 0.25) is 0 Å². The Morgan fingerprint density at radius 2 is 2.04 bits per heavy atom. The Bertz CT molecular complexity index is 768. The van der Waals surface area contributed by atoms with Gasteiger partial charge in [0.1, 0.15) is 17.4 Å². The van der Waals surface area contributed by atoms with E-state index in [0.29, 0.717) is 0 Å². The summed E-state index contributed by atoms with van der Waals surface area (Å²) in [6.07, 6.45) is -2.83. The maximum absolute atomic E-state index is 12.7. The van der Waals surface area contributed by atoms with Gasteiger partial charge in [-0.3, -0.25) is 10.1 Å². The number of alkyl halides is 3. The Morgan fingerprint density at radius 3 is 2.56 bits per heavy atom. The van der Waals surface area contributed by atoms with E-state index in [9.17, 15) is 28.1 Å². The molecule has 1 aliphatic carbocycles. The molecule has 0 heterocycles. The predicted molar refractivity (Wildman–Crippen MR) is 80.4 cm³/mol. The molecule has 0 aromatic heterocycles. The van der Waals surface area contributed by atoms with Crippen molar-refractivity contribution in [1.29, 1.82) is 0 Å². The van der Waals surface area contributed by atoms with E-state index in [1.54, 1.807) is 0 Å². The number of carbonyl (C=O) groups is 1. The summed E-state index contributed by atoms with van der Waals surface area (Å²) < 4.78 is 48.2. The molecule has 0 N–H and O–H groups in total. The van der Waals surface area contributed by atoms with E-state index in [2.05, 4.69) is 4.74 Å². The molecule has 1 aromatic rings. The Morgan fingerprint density at radius 1 is 1.36 bits per heavy atom. The maximum atomic E-state index is 12.7. The SMILES string of the molecule is COC(=O)C1=C([N+](=O)[O-])C=CC(Oc2ccc(C(F)(F)F)cc2C)C1. The number of hydrogen-bond acceptors (Lipinski definition) is 5. The average Bonchev–Trinajstić information content (AvgIpc) is 2.54. The summed E-state index contributed by atoms with van der Waals surface area (Å²) in [4.78, 5) is 22.0. The van der Waals surface area contributed by atoms with Gasteiger partial charge in [0.15, 0.2) is 0 Å². The molecule has 1 aromatic carbocycles. The number of nitrogens with zero attached hydrogens (tertiary/aromatic N) is 1. The highest BCUT2D eigenvalue weighted by Gasteiger charge is 2.32. The lowest BCUT2D eigenvalue weighted by atomic mass is 10.00. The molecule has 25 heavy (non-hydrogen) atoms. The Hall–Kier alpha value is -2.84. The molecule has 1 unspecified atom stereocenters. The standard InChI is InChI=1S/C16H14F3NO5/c1-9-7-10(16(17,18)19)3-6-14(9)25-11-4-5-13(20(22)23)12(8-11)15(21)24-2/h3-7,11H,8H2,1-2H3. The number of nitro groups is 1. The first-order valence-corrected chi connectivity index (χ1v) is 7.12. The van der Waals surface area contributed by atoms with Gasteiger partial charge in [-0.25, -0.2) is 4.79 Å². The van der Waals surface area contributed by atoms with Crippen molar-refractivity contribution in [3.63, 3.8) is 0 Å². The second-order valence-electron chi connectivity index (χ2n) is 5.31. The number of hydrogen-bond donors (Lipinski definition) is 0. The fraction of sp³-hybridized carbons (Fsp3) is 0.312. The number of aryl methyl sites for hydroxylation is 1. The summed E-state index contributed by atoms with van der Waals surface area (Å²) in [5.74, 6) is -0.662. The second-order valence-corrected chi connectivity index (χ2v) is 5.31. The third-order valence-electron chi connectivity index (χ3n) is 3.59. The van der Waals surface area contributed by atoms with Gasteiger partial charge in [-0.05, 0) is 36.8 Å². The molecule has 0 fully saturated rings. The molecule has 1 aliphatic rings. The monoisotopic (exact) mass is 357 g/mol. The molecule has 1 atom stereocenters. The highest BCUT2D eigenvalue weighted by molar-refractivity contribution is 5.89. The van der Waals surface area contributed by atoms with Gasteiger partial charge in [0.05, 0.1) is 17.6 Å². The summed E-state index contributed by atoms with van der Waals surface area (Å²) in [6.45, 7) is 1.45. The normalized spacial score (nSPS) is 17.4. The van der Waals surface area contributed by atoms with Crippen molar-refractivity contribution in [2.45, 2.75) is 25.6 Å². The van der Waals surface area contributed by atoms with Crippen LogP contribution < -0.4 is 4.74 Å². The highest BCUT2D eigenvalue weighted by atomic mass is 19.4. The number of rotatable bonds is 4. The first-order valence-electron chi connectivity index (χ1n) is 7.12. The molecule has 9 heteroatoms. The summed E-state index contributed by atoms with van der Waals surface area (Å²) >= 11 is 0. The minimum Gasteiger partial charge on any atom is -0.486 e. The summed E-state index contributed by atoms with van der Waals surface area (Å²) in [5.41, 5.74) is -1.10. The van der Waals surface area contributed by atoms with Crippen LogP contribution in [0.15, 0.2) is 41.6 Å². The van der Waals surface area contributed by atoms with E-state index in [0.717, 1.165) is 25.3 Å². The molecular weight excluding hydrogens is 343 g/mol. The highest BCUT2D eigenvalue weighted by Crippen LogP contribution is 2.33. The number of esters is 1. The van der Waals surface area contributed by atoms with Gasteiger partial charge in [-0.15, -0.1) is 0 Å². The number of halogens is 3. The number of allylic oxidation sites excluding steroid dienone is 1. The van der Waals surface area contributed by atoms with Gasteiger partial charge in [-0.1, -0.05) is 0 Å². The molecule has 6 nitrogen and oxygen atoms in total. The molecule has 0 amide bonds. The van der Waals surface area contributed by atoms with Crippen molar-refractivity contribution in [2.75, 3.05) is 7.11 Å². The van der Waals surface area contributed by atoms with E-state index in [1.807, 2.05) is 0 Å². The molecule has 2 rings (SSSR count). The van der Waals surface area contributed by atoms with E-state index in [-0.39, 0.29) is 23.3 Å². The number of ether oxygens (including phenoxy) is 2. The lowest BCUT2D eigenvalue weighted by Crippen LogP contribution is -2.24. The summed E-state index contributed by atoms with van der Waals surface area (Å²) in [6, 6.07) is 3.01. The van der Waals surface area contributed by atoms with Crippen molar-refractivity contribution in [3.8, 4) is 5.75 Å². The van der Waals surface area contributed by atoms with Crippen molar-refractivity contribution < 1.29 is 32.4 Å². The first-order chi connectivity index (χ1) is 11.6. The van der Waals surface area contributed by atoms with Crippen molar-refractivity contribution in [2.24, 2.45) is 0 Å². The van der Waals surface area contributed by atoms with Gasteiger partial charge in [0.25, 0.3) is 5.70 Å². The maximum Gasteiger partial charge on any atom is 0.416 e. The lowest BCUT2D eigenvalue weighted by molar-refractivity contribution is -0.420. The first kappa shape index (κ1) is 18.5. The Balaban J connectivity index is 2.22. The fourth-order valence-electron chi connectivity index (χ4n) is 2.36. The van der Waals surface area contributed by atoms with Gasteiger partial charge >= 0.3 is 12.1 Å². The largest absolute Gasteiger partial charge is 0.486 e. The molecule has 0 bridgehead atoms. The van der Waals surface area contributed by atoms with Crippen LogP contribution >= 0.6 is 0 Å². The minimum atomic E-state index is -4.46. The van der Waals surface area contributed by atoms with Crippen LogP contribution in [0.1, 0.15) is 17.5 Å². The zero-order chi connectivity index (χ0) is 18.8. The summed E-state index contributed by atoms with van der Waals surface area (Å²) in [7, 11) is 1.10. The second kappa shape index (κ2) is 6.96. The molecule has 0 saturated heterocycles. The van der Waals surface area contributed by atoms with E-state index < -0.39 is 34.4 Å². The Labute approximate surface area is 140 Å². The van der Waals surface area contributed by atoms with Crippen LogP contribution in [-0.2, 0) is 15.7 Å². The van der Waals surface area contributed by atoms with Crippen molar-refractivity contribution >= 4 is 5.97 Å². The number of carbonyl (C=O) groups excluding carboxylic acids is 1. The van der Waals surface area contributed by atoms with Gasteiger partial charge < -0.3 is 9.47 Å². The average molecular weight is 357 g/mol. The topological polar surface area (TPSA) is 78.7 Å². The molecule has 0 spiro atoms. The zero-order valence-electron chi connectivity index (χ0n) is 13.3. The van der Waals surface area contributed by atoms with Gasteiger partial charge in [0, 0.05) is 12.5 Å². The zero-order valence-corrected chi connectivity index (χ0v) is 13.3. The third kappa shape index (κ3) is 4.17. The molecule has 0 saturated carbocycles. The molecular formula is C16H14F3NO5. The van der Waals surface area contributed by atoms with Crippen LogP contribution in [-0.4, -0.2) is 24.1 Å². The predicted octanol–water partition coefficient (Wildman–Crippen LogP) is 3.42. The van der Waals surface area contributed by atoms with Crippen LogP contribution in [0, 0.1) is 17.0 Å². The van der Waals surface area contributed by atoms with Gasteiger partial charge in [0.2, 0.25) is 0 Å². The van der Waals surface area contributed by atoms with E-state index >= 15 is 0 Å². The third-order valence-corrected chi connectivity index (χ3v) is 3.59. The lowest BCUT2D eigenvalue weighted by Gasteiger charge is -2.21. The van der Waals surface area contributed by atoms with Crippen LogP contribution in [0.3, 0.4) is 0 Å². The van der Waals surface area contributed by atoms with E-state index in [1.165, 1.54) is 19.1 Å². The van der Waals surface area contributed by atoms with Gasteiger partial charge in [-0.2, -0.15) is 13.2 Å². The Kier molecular flexibility index (Phi) is 5.15.